The van der Waals surface area contributed by atoms with Crippen molar-refractivity contribution in [2.24, 2.45) is 0 Å². The number of hydrogen-bond acceptors (Lipinski definition) is 1. The lowest BCUT2D eigenvalue weighted by Crippen LogP contribution is -2.14. The maximum atomic E-state index is 12.0. The Balaban J connectivity index is 1.94. The van der Waals surface area contributed by atoms with E-state index in [1.807, 2.05) is 36.4 Å². The summed E-state index contributed by atoms with van der Waals surface area (Å²) in [5.74, 6) is 0.561. The molecule has 0 bridgehead atoms. The van der Waals surface area contributed by atoms with Crippen molar-refractivity contribution >= 4 is 27.5 Å². The van der Waals surface area contributed by atoms with Crippen LogP contribution in [0.5, 0.6) is 0 Å². The molecule has 0 aliphatic heterocycles. The molecule has 0 saturated heterocycles. The predicted molar refractivity (Wildman–Crippen MR) is 91.6 cm³/mol. The first-order valence-corrected chi connectivity index (χ1v) is 8.02. The molecule has 0 heterocycles. The van der Waals surface area contributed by atoms with Crippen LogP contribution >= 0.6 is 15.9 Å². The first kappa shape index (κ1) is 15.8. The molecule has 0 saturated carbocycles. The van der Waals surface area contributed by atoms with Gasteiger partial charge in [0.1, 0.15) is 0 Å². The molecule has 110 valence electrons. The zero-order valence-corrected chi connectivity index (χ0v) is 14.0. The van der Waals surface area contributed by atoms with Crippen molar-refractivity contribution in [1.82, 2.24) is 0 Å². The number of rotatable bonds is 5. The molecule has 3 heteroatoms. The van der Waals surface area contributed by atoms with Gasteiger partial charge in [0.25, 0.3) is 0 Å². The topological polar surface area (TPSA) is 29.1 Å². The molecule has 0 fully saturated rings. The van der Waals surface area contributed by atoms with Gasteiger partial charge in [0.05, 0.1) is 6.42 Å². The maximum Gasteiger partial charge on any atom is 0.228 e. The highest BCUT2D eigenvalue weighted by Gasteiger charge is 2.06. The SMILES string of the molecule is CC[C@H](C)c1ccc(NC(=O)Cc2ccc(Br)cc2)cc1. The van der Waals surface area contributed by atoms with Gasteiger partial charge in [-0.05, 0) is 47.7 Å². The largest absolute Gasteiger partial charge is 0.326 e. The minimum atomic E-state index is 0.00797. The van der Waals surface area contributed by atoms with E-state index in [1.165, 1.54) is 5.56 Å². The van der Waals surface area contributed by atoms with Gasteiger partial charge in [0.2, 0.25) is 5.91 Å². The number of halogens is 1. The Morgan fingerprint density at radius 2 is 1.71 bits per heavy atom. The van der Waals surface area contributed by atoms with E-state index in [0.29, 0.717) is 12.3 Å². The van der Waals surface area contributed by atoms with Crippen molar-refractivity contribution in [3.63, 3.8) is 0 Å². The van der Waals surface area contributed by atoms with Gasteiger partial charge in [0.15, 0.2) is 0 Å². The number of carbonyl (C=O) groups is 1. The number of hydrogen-bond donors (Lipinski definition) is 1. The third kappa shape index (κ3) is 4.71. The average Bonchev–Trinajstić information content (AvgIpc) is 2.49. The van der Waals surface area contributed by atoms with E-state index in [-0.39, 0.29) is 5.91 Å². The Morgan fingerprint density at radius 1 is 1.10 bits per heavy atom. The lowest BCUT2D eigenvalue weighted by molar-refractivity contribution is -0.115. The van der Waals surface area contributed by atoms with Crippen molar-refractivity contribution in [3.05, 3.63) is 64.1 Å². The Labute approximate surface area is 134 Å². The number of benzene rings is 2. The molecule has 1 N–H and O–H groups in total. The highest BCUT2D eigenvalue weighted by Crippen LogP contribution is 2.20. The predicted octanol–water partition coefficient (Wildman–Crippen LogP) is 5.14. The van der Waals surface area contributed by atoms with E-state index in [4.69, 9.17) is 0 Å². The van der Waals surface area contributed by atoms with Crippen LogP contribution < -0.4 is 5.32 Å². The zero-order valence-electron chi connectivity index (χ0n) is 12.4. The number of amides is 1. The van der Waals surface area contributed by atoms with E-state index < -0.39 is 0 Å². The normalized spacial score (nSPS) is 12.0. The summed E-state index contributed by atoms with van der Waals surface area (Å²) in [6, 6.07) is 15.9. The minimum absolute atomic E-state index is 0.00797. The number of anilines is 1. The van der Waals surface area contributed by atoms with Gasteiger partial charge in [-0.25, -0.2) is 0 Å². The number of nitrogens with one attached hydrogen (secondary N) is 1. The van der Waals surface area contributed by atoms with Crippen LogP contribution in [-0.2, 0) is 11.2 Å². The molecule has 2 aromatic carbocycles. The first-order valence-electron chi connectivity index (χ1n) is 7.22. The van der Waals surface area contributed by atoms with Crippen LogP contribution in [0.3, 0.4) is 0 Å². The molecule has 0 unspecified atom stereocenters. The fraction of sp³-hybridized carbons (Fsp3) is 0.278. The molecule has 2 rings (SSSR count). The minimum Gasteiger partial charge on any atom is -0.326 e. The second-order valence-electron chi connectivity index (χ2n) is 5.28. The number of carbonyl (C=O) groups excluding carboxylic acids is 1. The van der Waals surface area contributed by atoms with Crippen LogP contribution in [-0.4, -0.2) is 5.91 Å². The molecular weight excluding hydrogens is 326 g/mol. The molecule has 1 atom stereocenters. The van der Waals surface area contributed by atoms with Crippen molar-refractivity contribution in [2.45, 2.75) is 32.6 Å². The Morgan fingerprint density at radius 3 is 2.29 bits per heavy atom. The zero-order chi connectivity index (χ0) is 15.2. The van der Waals surface area contributed by atoms with Gasteiger partial charge < -0.3 is 5.32 Å². The summed E-state index contributed by atoms with van der Waals surface area (Å²) in [4.78, 5) is 12.0. The molecule has 0 aliphatic rings. The average molecular weight is 346 g/mol. The Kier molecular flexibility index (Phi) is 5.57. The Bertz CT molecular complexity index is 590. The van der Waals surface area contributed by atoms with E-state index in [2.05, 4.69) is 47.2 Å². The summed E-state index contributed by atoms with van der Waals surface area (Å²) in [5, 5.41) is 2.94. The lowest BCUT2D eigenvalue weighted by Gasteiger charge is -2.10. The first-order chi connectivity index (χ1) is 10.1. The van der Waals surface area contributed by atoms with E-state index >= 15 is 0 Å². The van der Waals surface area contributed by atoms with Gasteiger partial charge in [-0.2, -0.15) is 0 Å². The van der Waals surface area contributed by atoms with Crippen molar-refractivity contribution in [1.29, 1.82) is 0 Å². The lowest BCUT2D eigenvalue weighted by atomic mass is 9.98. The second-order valence-corrected chi connectivity index (χ2v) is 6.20. The summed E-state index contributed by atoms with van der Waals surface area (Å²) in [5.41, 5.74) is 3.17. The quantitative estimate of drug-likeness (QED) is 0.798. The van der Waals surface area contributed by atoms with Crippen LogP contribution in [0.1, 0.15) is 37.3 Å². The summed E-state index contributed by atoms with van der Waals surface area (Å²) in [6.07, 6.45) is 1.51. The summed E-state index contributed by atoms with van der Waals surface area (Å²) in [7, 11) is 0. The standard InChI is InChI=1S/C18H20BrNO/c1-3-13(2)15-6-10-17(11-7-15)20-18(21)12-14-4-8-16(19)9-5-14/h4-11,13H,3,12H2,1-2H3,(H,20,21)/t13-/m0/s1. The van der Waals surface area contributed by atoms with Crippen LogP contribution in [0, 0.1) is 0 Å². The molecule has 2 aromatic rings. The summed E-state index contributed by atoms with van der Waals surface area (Å²) >= 11 is 3.39. The molecule has 0 aliphatic carbocycles. The van der Waals surface area contributed by atoms with Gasteiger partial charge >= 0.3 is 0 Å². The molecule has 0 spiro atoms. The van der Waals surface area contributed by atoms with Crippen molar-refractivity contribution in [3.8, 4) is 0 Å². The van der Waals surface area contributed by atoms with E-state index in [1.54, 1.807) is 0 Å². The van der Waals surface area contributed by atoms with Gasteiger partial charge in [-0.1, -0.05) is 54.0 Å². The molecule has 0 aromatic heterocycles. The van der Waals surface area contributed by atoms with Crippen molar-refractivity contribution in [2.75, 3.05) is 5.32 Å². The Hall–Kier alpha value is -1.61. The molecule has 0 radical (unpaired) electrons. The van der Waals surface area contributed by atoms with Crippen molar-refractivity contribution < 1.29 is 4.79 Å². The molecule has 2 nitrogen and oxygen atoms in total. The smallest absolute Gasteiger partial charge is 0.228 e. The third-order valence-electron chi connectivity index (χ3n) is 3.65. The van der Waals surface area contributed by atoms with Crippen LogP contribution in [0.4, 0.5) is 5.69 Å². The van der Waals surface area contributed by atoms with Gasteiger partial charge in [-0.15, -0.1) is 0 Å². The van der Waals surface area contributed by atoms with E-state index in [0.717, 1.165) is 22.1 Å². The van der Waals surface area contributed by atoms with Crippen LogP contribution in [0.15, 0.2) is 53.0 Å². The highest BCUT2D eigenvalue weighted by atomic mass is 79.9. The fourth-order valence-electron chi connectivity index (χ4n) is 2.12. The monoisotopic (exact) mass is 345 g/mol. The second kappa shape index (κ2) is 7.41. The molecular formula is C18H20BrNO. The summed E-state index contributed by atoms with van der Waals surface area (Å²) < 4.78 is 1.02. The highest BCUT2D eigenvalue weighted by molar-refractivity contribution is 9.10. The fourth-order valence-corrected chi connectivity index (χ4v) is 2.39. The molecule has 1 amide bonds. The van der Waals surface area contributed by atoms with Gasteiger partial charge in [-0.3, -0.25) is 4.79 Å². The summed E-state index contributed by atoms with van der Waals surface area (Å²) in [6.45, 7) is 4.39. The van der Waals surface area contributed by atoms with E-state index in [9.17, 15) is 4.79 Å². The maximum absolute atomic E-state index is 12.0. The third-order valence-corrected chi connectivity index (χ3v) is 4.18. The molecule has 21 heavy (non-hydrogen) atoms. The van der Waals surface area contributed by atoms with Crippen LogP contribution in [0.2, 0.25) is 0 Å². The van der Waals surface area contributed by atoms with Gasteiger partial charge in [0, 0.05) is 10.2 Å². The van der Waals surface area contributed by atoms with Crippen LogP contribution in [0.25, 0.3) is 0 Å².